The van der Waals surface area contributed by atoms with Gasteiger partial charge in [-0.1, -0.05) is 6.07 Å². The maximum Gasteiger partial charge on any atom is 0.416 e. The highest BCUT2D eigenvalue weighted by Gasteiger charge is 2.30. The fourth-order valence-corrected chi connectivity index (χ4v) is 3.05. The first-order chi connectivity index (χ1) is 13.6. The summed E-state index contributed by atoms with van der Waals surface area (Å²) < 4.78 is 57.1. The molecule has 0 aliphatic carbocycles. The topological polar surface area (TPSA) is 81.5 Å². The summed E-state index contributed by atoms with van der Waals surface area (Å²) in [7, 11) is 0. The molecule has 0 unspecified atom stereocenters. The highest BCUT2D eigenvalue weighted by atomic mass is 32.1. The van der Waals surface area contributed by atoms with Crippen molar-refractivity contribution >= 4 is 28.6 Å². The van der Waals surface area contributed by atoms with Gasteiger partial charge in [0.1, 0.15) is 10.7 Å². The number of alkyl halides is 3. The van der Waals surface area contributed by atoms with Gasteiger partial charge in [-0.2, -0.15) is 13.2 Å². The van der Waals surface area contributed by atoms with E-state index in [1.165, 1.54) is 17.5 Å². The molecule has 0 aliphatic rings. The molecule has 150 valence electrons. The third kappa shape index (κ3) is 4.69. The maximum absolute atomic E-state index is 13.3. The number of thiophene rings is 1. The number of hydrogen-bond acceptors (Lipinski definition) is 5. The second-order valence-corrected chi connectivity index (χ2v) is 6.53. The van der Waals surface area contributed by atoms with E-state index in [0.717, 1.165) is 41.7 Å². The standard InChI is InChI=1S/C18H10F4N2O4S/c19-11-4-5-14(13(9-11)24(26)27)28-15-6-7-29-16(15)17(25)23-12-3-1-2-10(8-12)18(20,21)22/h1-9H,(H,23,25). The van der Waals surface area contributed by atoms with Crippen LogP contribution in [0.1, 0.15) is 15.2 Å². The van der Waals surface area contributed by atoms with E-state index in [0.29, 0.717) is 6.07 Å². The zero-order chi connectivity index (χ0) is 21.2. The summed E-state index contributed by atoms with van der Waals surface area (Å²) in [6.07, 6.45) is -4.57. The number of nitro groups is 1. The van der Waals surface area contributed by atoms with E-state index in [1.807, 2.05) is 0 Å². The highest BCUT2D eigenvalue weighted by molar-refractivity contribution is 7.12. The van der Waals surface area contributed by atoms with Crippen LogP contribution >= 0.6 is 11.3 Å². The Morgan fingerprint density at radius 1 is 1.10 bits per heavy atom. The Bertz CT molecular complexity index is 1080. The van der Waals surface area contributed by atoms with Crippen LogP contribution in [0.15, 0.2) is 53.9 Å². The molecule has 1 heterocycles. The molecule has 1 amide bonds. The second-order valence-electron chi connectivity index (χ2n) is 5.62. The molecular formula is C18H10F4N2O4S. The first-order valence-corrected chi connectivity index (χ1v) is 8.71. The molecule has 0 atom stereocenters. The Labute approximate surface area is 164 Å². The van der Waals surface area contributed by atoms with Gasteiger partial charge in [-0.05, 0) is 41.8 Å². The molecule has 11 heteroatoms. The molecule has 1 N–H and O–H groups in total. The SMILES string of the molecule is O=C(Nc1cccc(C(F)(F)F)c1)c1sccc1Oc1ccc(F)cc1[N+](=O)[O-]. The minimum Gasteiger partial charge on any atom is -0.448 e. The molecule has 0 bridgehead atoms. The maximum atomic E-state index is 13.3. The van der Waals surface area contributed by atoms with Crippen LogP contribution in [0.5, 0.6) is 11.5 Å². The van der Waals surface area contributed by atoms with Gasteiger partial charge in [0.15, 0.2) is 5.75 Å². The molecule has 3 aromatic rings. The molecule has 0 saturated heterocycles. The summed E-state index contributed by atoms with van der Waals surface area (Å²) >= 11 is 0.920. The van der Waals surface area contributed by atoms with Crippen molar-refractivity contribution in [3.8, 4) is 11.5 Å². The number of nitrogens with zero attached hydrogens (tertiary/aromatic N) is 1. The molecule has 0 spiro atoms. The molecular weight excluding hydrogens is 416 g/mol. The number of anilines is 1. The van der Waals surface area contributed by atoms with Crippen molar-refractivity contribution in [1.29, 1.82) is 0 Å². The van der Waals surface area contributed by atoms with Crippen LogP contribution < -0.4 is 10.1 Å². The molecule has 0 radical (unpaired) electrons. The van der Waals surface area contributed by atoms with Crippen molar-refractivity contribution in [3.63, 3.8) is 0 Å². The Morgan fingerprint density at radius 2 is 1.86 bits per heavy atom. The number of nitrogens with one attached hydrogen (secondary N) is 1. The quantitative estimate of drug-likeness (QED) is 0.315. The Balaban J connectivity index is 1.84. The highest BCUT2D eigenvalue weighted by Crippen LogP contribution is 2.36. The summed E-state index contributed by atoms with van der Waals surface area (Å²) in [5.41, 5.74) is -1.66. The van der Waals surface area contributed by atoms with Gasteiger partial charge in [0.2, 0.25) is 5.75 Å². The Morgan fingerprint density at radius 3 is 2.55 bits per heavy atom. The van der Waals surface area contributed by atoms with Crippen molar-refractivity contribution in [1.82, 2.24) is 0 Å². The largest absolute Gasteiger partial charge is 0.448 e. The van der Waals surface area contributed by atoms with Crippen LogP contribution in [0.2, 0.25) is 0 Å². The molecule has 0 fully saturated rings. The average Bonchev–Trinajstić information content (AvgIpc) is 3.11. The van der Waals surface area contributed by atoms with Crippen LogP contribution in [0.3, 0.4) is 0 Å². The van der Waals surface area contributed by atoms with E-state index in [4.69, 9.17) is 4.74 Å². The van der Waals surface area contributed by atoms with Gasteiger partial charge < -0.3 is 10.1 Å². The smallest absolute Gasteiger partial charge is 0.416 e. The van der Waals surface area contributed by atoms with Crippen LogP contribution in [-0.2, 0) is 6.18 Å². The van der Waals surface area contributed by atoms with E-state index in [9.17, 15) is 32.5 Å². The van der Waals surface area contributed by atoms with Crippen molar-refractivity contribution in [3.05, 3.63) is 80.3 Å². The molecule has 1 aromatic heterocycles. The number of amides is 1. The third-order valence-electron chi connectivity index (χ3n) is 3.62. The number of rotatable bonds is 5. The fraction of sp³-hybridized carbons (Fsp3) is 0.0556. The van der Waals surface area contributed by atoms with Crippen molar-refractivity contribution in [2.45, 2.75) is 6.18 Å². The fourth-order valence-electron chi connectivity index (χ4n) is 2.34. The summed E-state index contributed by atoms with van der Waals surface area (Å²) in [6.45, 7) is 0. The first-order valence-electron chi connectivity index (χ1n) is 7.83. The van der Waals surface area contributed by atoms with Gasteiger partial charge in [-0.15, -0.1) is 11.3 Å². The third-order valence-corrected chi connectivity index (χ3v) is 4.52. The molecule has 0 saturated carbocycles. The Kier molecular flexibility index (Phi) is 5.50. The second kappa shape index (κ2) is 7.87. The zero-order valence-electron chi connectivity index (χ0n) is 14.2. The van der Waals surface area contributed by atoms with Gasteiger partial charge in [-0.25, -0.2) is 4.39 Å². The van der Waals surface area contributed by atoms with E-state index >= 15 is 0 Å². The van der Waals surface area contributed by atoms with Crippen LogP contribution in [-0.4, -0.2) is 10.8 Å². The first kappa shape index (κ1) is 20.3. The monoisotopic (exact) mass is 426 g/mol. The van der Waals surface area contributed by atoms with Crippen molar-refractivity contribution in [2.24, 2.45) is 0 Å². The van der Waals surface area contributed by atoms with E-state index in [1.54, 1.807) is 0 Å². The van der Waals surface area contributed by atoms with Gasteiger partial charge >= 0.3 is 11.9 Å². The van der Waals surface area contributed by atoms with Crippen LogP contribution in [0.25, 0.3) is 0 Å². The van der Waals surface area contributed by atoms with Gasteiger partial charge in [-0.3, -0.25) is 14.9 Å². The van der Waals surface area contributed by atoms with Crippen LogP contribution in [0, 0.1) is 15.9 Å². The summed E-state index contributed by atoms with van der Waals surface area (Å²) in [4.78, 5) is 22.7. The average molecular weight is 426 g/mol. The number of hydrogen-bond donors (Lipinski definition) is 1. The molecule has 29 heavy (non-hydrogen) atoms. The molecule has 0 aliphatic heterocycles. The summed E-state index contributed by atoms with van der Waals surface area (Å²) in [6, 6.07) is 8.09. The van der Waals surface area contributed by atoms with E-state index in [-0.39, 0.29) is 22.1 Å². The predicted octanol–water partition coefficient (Wildman–Crippen LogP) is 5.86. The number of carbonyl (C=O) groups excluding carboxylic acids is 1. The van der Waals surface area contributed by atoms with E-state index in [2.05, 4.69) is 5.32 Å². The molecule has 2 aromatic carbocycles. The Hall–Kier alpha value is -3.47. The zero-order valence-corrected chi connectivity index (χ0v) is 15.0. The van der Waals surface area contributed by atoms with E-state index < -0.39 is 34.1 Å². The number of carbonyl (C=O) groups is 1. The normalized spacial score (nSPS) is 11.2. The number of halogens is 4. The summed E-state index contributed by atoms with van der Waals surface area (Å²) in [5, 5.41) is 14.9. The number of benzene rings is 2. The van der Waals surface area contributed by atoms with Crippen LogP contribution in [0.4, 0.5) is 28.9 Å². The van der Waals surface area contributed by atoms with Crippen molar-refractivity contribution in [2.75, 3.05) is 5.32 Å². The lowest BCUT2D eigenvalue weighted by molar-refractivity contribution is -0.385. The molecule has 6 nitrogen and oxygen atoms in total. The predicted molar refractivity (Wildman–Crippen MR) is 96.8 cm³/mol. The lowest BCUT2D eigenvalue weighted by atomic mass is 10.2. The van der Waals surface area contributed by atoms with Gasteiger partial charge in [0.25, 0.3) is 5.91 Å². The molecule has 3 rings (SSSR count). The minimum absolute atomic E-state index is 0.0268. The summed E-state index contributed by atoms with van der Waals surface area (Å²) in [5.74, 6) is -1.95. The lowest BCUT2D eigenvalue weighted by Crippen LogP contribution is -2.12. The number of ether oxygens (including phenoxy) is 1. The van der Waals surface area contributed by atoms with Gasteiger partial charge in [0, 0.05) is 5.69 Å². The van der Waals surface area contributed by atoms with Gasteiger partial charge in [0.05, 0.1) is 16.6 Å². The van der Waals surface area contributed by atoms with Crippen molar-refractivity contribution < 1.29 is 32.0 Å². The minimum atomic E-state index is -4.57. The lowest BCUT2D eigenvalue weighted by Gasteiger charge is -2.10. The number of nitro benzene ring substituents is 1.